The Morgan fingerprint density at radius 1 is 1.19 bits per heavy atom. The number of benzene rings is 1. The van der Waals surface area contributed by atoms with Gasteiger partial charge in [-0.15, -0.1) is 0 Å². The number of nitrogens with two attached hydrogens (primary N) is 1. The maximum absolute atomic E-state index is 12.9. The molecule has 5 rings (SSSR count). The van der Waals surface area contributed by atoms with E-state index in [1.165, 1.54) is 0 Å². The van der Waals surface area contributed by atoms with Crippen LogP contribution in [0.1, 0.15) is 24.0 Å². The number of aryl methyl sites for hydroxylation is 2. The van der Waals surface area contributed by atoms with Gasteiger partial charge in [0.1, 0.15) is 11.6 Å². The fourth-order valence-corrected chi connectivity index (χ4v) is 4.44. The molecule has 0 spiro atoms. The van der Waals surface area contributed by atoms with Crippen LogP contribution in [0.2, 0.25) is 0 Å². The van der Waals surface area contributed by atoms with Crippen LogP contribution < -0.4 is 11.1 Å². The highest BCUT2D eigenvalue weighted by molar-refractivity contribution is 5.99. The zero-order valence-electron chi connectivity index (χ0n) is 17.7. The number of rotatable bonds is 4. The molecule has 1 amide bonds. The summed E-state index contributed by atoms with van der Waals surface area (Å²) in [6.45, 7) is 4.14. The molecule has 1 aliphatic carbocycles. The number of anilines is 2. The van der Waals surface area contributed by atoms with E-state index >= 15 is 0 Å². The molecule has 1 aromatic carbocycles. The fraction of sp³-hybridized carbons (Fsp3) is 0.250. The molecule has 3 aromatic heterocycles. The molecule has 7 heteroatoms. The number of carbonyl (C=O) groups is 1. The minimum absolute atomic E-state index is 0.0191. The monoisotopic (exact) mass is 412 g/mol. The van der Waals surface area contributed by atoms with Gasteiger partial charge in [0.25, 0.3) is 0 Å². The van der Waals surface area contributed by atoms with Crippen LogP contribution in [-0.2, 0) is 11.8 Å². The molecular weight excluding hydrogens is 388 g/mol. The number of fused-ring (bicyclic) bond motifs is 1. The summed E-state index contributed by atoms with van der Waals surface area (Å²) in [4.78, 5) is 21.9. The molecule has 0 saturated heterocycles. The van der Waals surface area contributed by atoms with E-state index in [9.17, 15) is 4.79 Å². The van der Waals surface area contributed by atoms with Gasteiger partial charge in [-0.2, -0.15) is 5.10 Å². The van der Waals surface area contributed by atoms with Crippen molar-refractivity contribution in [3.8, 4) is 11.3 Å². The Balaban J connectivity index is 1.42. The Morgan fingerprint density at radius 3 is 2.74 bits per heavy atom. The molecule has 1 aliphatic rings. The third kappa shape index (κ3) is 3.42. The second kappa shape index (κ2) is 7.19. The van der Waals surface area contributed by atoms with Crippen molar-refractivity contribution in [1.82, 2.24) is 19.7 Å². The lowest BCUT2D eigenvalue weighted by Crippen LogP contribution is -2.16. The molecule has 1 fully saturated rings. The number of aromatic nitrogens is 4. The molecule has 7 nitrogen and oxygen atoms in total. The molecule has 3 N–H and O–H groups in total. The minimum atomic E-state index is -0.0771. The summed E-state index contributed by atoms with van der Waals surface area (Å²) in [5, 5.41) is 8.87. The van der Waals surface area contributed by atoms with Gasteiger partial charge < -0.3 is 11.1 Å². The standard InChI is InChI=1S/C24H24N6O/c1-13-6-4-5-7-17(13)19-8-15-9-20(26-11-18(15)23(25)28-19)29-24(31)22-14(2)21(22)16-10-27-30(3)12-16/h4-12,14,21-22H,1-3H3,(H2,25,28)(H,26,29,31)/t14-,21-,22+/m1/s1. The summed E-state index contributed by atoms with van der Waals surface area (Å²) in [5.74, 6) is 1.32. The molecular formula is C24H24N6O. The van der Waals surface area contributed by atoms with Crippen molar-refractivity contribution in [3.63, 3.8) is 0 Å². The molecule has 3 atom stereocenters. The largest absolute Gasteiger partial charge is 0.383 e. The van der Waals surface area contributed by atoms with E-state index in [-0.39, 0.29) is 23.7 Å². The number of nitrogen functional groups attached to an aromatic ring is 1. The molecule has 0 aliphatic heterocycles. The summed E-state index contributed by atoms with van der Waals surface area (Å²) in [6.07, 6.45) is 5.49. The average Bonchev–Trinajstić information content (AvgIpc) is 3.22. The normalized spacial score (nSPS) is 20.0. The topological polar surface area (TPSA) is 98.7 Å². The predicted molar refractivity (Wildman–Crippen MR) is 121 cm³/mol. The van der Waals surface area contributed by atoms with Gasteiger partial charge in [-0.25, -0.2) is 9.97 Å². The molecule has 1 saturated carbocycles. The average molecular weight is 412 g/mol. The fourth-order valence-electron chi connectivity index (χ4n) is 4.44. The van der Waals surface area contributed by atoms with Gasteiger partial charge in [0.2, 0.25) is 5.91 Å². The summed E-state index contributed by atoms with van der Waals surface area (Å²) in [6, 6.07) is 11.9. The van der Waals surface area contributed by atoms with E-state index in [1.54, 1.807) is 10.9 Å². The molecule has 0 radical (unpaired) electrons. The quantitative estimate of drug-likeness (QED) is 0.529. The van der Waals surface area contributed by atoms with Crippen LogP contribution in [0.4, 0.5) is 11.6 Å². The number of nitrogens with zero attached hydrogens (tertiary/aromatic N) is 4. The highest BCUT2D eigenvalue weighted by atomic mass is 16.2. The first kappa shape index (κ1) is 19.2. The first-order valence-corrected chi connectivity index (χ1v) is 10.3. The lowest BCUT2D eigenvalue weighted by molar-refractivity contribution is -0.117. The van der Waals surface area contributed by atoms with Crippen molar-refractivity contribution in [2.45, 2.75) is 19.8 Å². The number of hydrogen-bond donors (Lipinski definition) is 2. The summed E-state index contributed by atoms with van der Waals surface area (Å²) < 4.78 is 1.77. The van der Waals surface area contributed by atoms with Crippen molar-refractivity contribution in [2.75, 3.05) is 11.1 Å². The Morgan fingerprint density at radius 2 is 2.00 bits per heavy atom. The van der Waals surface area contributed by atoms with Crippen LogP contribution >= 0.6 is 0 Å². The molecule has 4 aromatic rings. The van der Waals surface area contributed by atoms with Gasteiger partial charge in [-0.1, -0.05) is 31.2 Å². The Kier molecular flexibility index (Phi) is 4.46. The number of amides is 1. The zero-order chi connectivity index (χ0) is 21.7. The smallest absolute Gasteiger partial charge is 0.229 e. The lowest BCUT2D eigenvalue weighted by Gasteiger charge is -2.10. The van der Waals surface area contributed by atoms with E-state index in [4.69, 9.17) is 5.73 Å². The number of nitrogens with one attached hydrogen (secondary N) is 1. The lowest BCUT2D eigenvalue weighted by atomic mass is 10.0. The van der Waals surface area contributed by atoms with Crippen molar-refractivity contribution in [1.29, 1.82) is 0 Å². The van der Waals surface area contributed by atoms with E-state index in [2.05, 4.69) is 27.3 Å². The van der Waals surface area contributed by atoms with Gasteiger partial charge in [-0.05, 0) is 41.5 Å². The van der Waals surface area contributed by atoms with Crippen molar-refractivity contribution in [3.05, 3.63) is 66.1 Å². The Hall–Kier alpha value is -3.74. The second-order valence-corrected chi connectivity index (χ2v) is 8.35. The first-order valence-electron chi connectivity index (χ1n) is 10.3. The molecule has 156 valence electrons. The summed E-state index contributed by atoms with van der Waals surface area (Å²) in [7, 11) is 1.89. The van der Waals surface area contributed by atoms with Gasteiger partial charge in [-0.3, -0.25) is 9.48 Å². The number of pyridine rings is 2. The van der Waals surface area contributed by atoms with Crippen molar-refractivity contribution >= 4 is 28.3 Å². The maximum Gasteiger partial charge on any atom is 0.229 e. The van der Waals surface area contributed by atoms with Gasteiger partial charge in [0.15, 0.2) is 0 Å². The van der Waals surface area contributed by atoms with Crippen LogP contribution in [-0.4, -0.2) is 25.7 Å². The van der Waals surface area contributed by atoms with Crippen molar-refractivity contribution in [2.24, 2.45) is 18.9 Å². The van der Waals surface area contributed by atoms with Gasteiger partial charge in [0.05, 0.1) is 11.9 Å². The highest BCUT2D eigenvalue weighted by Gasteiger charge is 2.52. The summed E-state index contributed by atoms with van der Waals surface area (Å²) >= 11 is 0. The molecule has 0 bridgehead atoms. The van der Waals surface area contributed by atoms with Gasteiger partial charge >= 0.3 is 0 Å². The Bertz CT molecular complexity index is 1310. The van der Waals surface area contributed by atoms with Crippen LogP contribution in [0.25, 0.3) is 22.0 Å². The SMILES string of the molecule is Cc1ccccc1-c1cc2cc(NC(=O)[C@H]3[C@H](C)[C@@H]3c3cnn(C)c3)ncc2c(N)n1. The van der Waals surface area contributed by atoms with E-state index in [0.29, 0.717) is 11.6 Å². The second-order valence-electron chi connectivity index (χ2n) is 8.35. The van der Waals surface area contributed by atoms with Crippen LogP contribution in [0.5, 0.6) is 0 Å². The molecule has 3 heterocycles. The van der Waals surface area contributed by atoms with E-state index in [0.717, 1.165) is 33.2 Å². The van der Waals surface area contributed by atoms with Gasteiger partial charge in [0, 0.05) is 42.2 Å². The van der Waals surface area contributed by atoms with Crippen LogP contribution in [0, 0.1) is 18.8 Å². The zero-order valence-corrected chi connectivity index (χ0v) is 17.7. The molecule has 0 unspecified atom stereocenters. The third-order valence-electron chi connectivity index (χ3n) is 6.21. The highest BCUT2D eigenvalue weighted by Crippen LogP contribution is 2.54. The van der Waals surface area contributed by atoms with Crippen LogP contribution in [0.15, 0.2) is 55.0 Å². The third-order valence-corrected chi connectivity index (χ3v) is 6.21. The molecule has 31 heavy (non-hydrogen) atoms. The summed E-state index contributed by atoms with van der Waals surface area (Å²) in [5.41, 5.74) is 10.3. The minimum Gasteiger partial charge on any atom is -0.383 e. The number of hydrogen-bond acceptors (Lipinski definition) is 5. The maximum atomic E-state index is 12.9. The van der Waals surface area contributed by atoms with E-state index < -0.39 is 0 Å². The predicted octanol–water partition coefficient (Wildman–Crippen LogP) is 3.91. The number of carbonyl (C=O) groups excluding carboxylic acids is 1. The van der Waals surface area contributed by atoms with Crippen LogP contribution in [0.3, 0.4) is 0 Å². The van der Waals surface area contributed by atoms with Crippen molar-refractivity contribution < 1.29 is 4.79 Å². The van der Waals surface area contributed by atoms with E-state index in [1.807, 2.05) is 62.8 Å². The Labute approximate surface area is 180 Å². The first-order chi connectivity index (χ1) is 14.9.